The number of methoxy groups -OCH3 is 1. The zero-order chi connectivity index (χ0) is 18.4. The number of carbonyl (C=O) groups excluding carboxylic acids is 1. The standard InChI is InChI=1S/C21H31FN2O2/c1-26-20-8-7-17(13-19(20)22)15-24-11-9-18(10-12-24)23-21(25)14-16-5-3-2-4-6-16/h7-8,13,16,18H,2-6,9-12,14-15H2,1H3,(H,23,25). The highest BCUT2D eigenvalue weighted by Crippen LogP contribution is 2.26. The van der Waals surface area contributed by atoms with E-state index in [0.29, 0.717) is 12.3 Å². The summed E-state index contributed by atoms with van der Waals surface area (Å²) in [4.78, 5) is 14.6. The molecule has 2 fully saturated rings. The molecule has 1 aliphatic carbocycles. The van der Waals surface area contributed by atoms with E-state index in [4.69, 9.17) is 4.74 Å². The average molecular weight is 362 g/mol. The van der Waals surface area contributed by atoms with E-state index in [1.165, 1.54) is 39.2 Å². The first kappa shape index (κ1) is 19.2. The van der Waals surface area contributed by atoms with Crippen molar-refractivity contribution in [3.63, 3.8) is 0 Å². The Hall–Kier alpha value is -1.62. The van der Waals surface area contributed by atoms with Gasteiger partial charge in [-0.05, 0) is 49.3 Å². The number of ether oxygens (including phenoxy) is 1. The summed E-state index contributed by atoms with van der Waals surface area (Å²) in [6.07, 6.45) is 8.95. The number of likely N-dealkylation sites (tertiary alicyclic amines) is 1. The maximum Gasteiger partial charge on any atom is 0.220 e. The average Bonchev–Trinajstić information content (AvgIpc) is 2.64. The molecule has 1 heterocycles. The van der Waals surface area contributed by atoms with Crippen LogP contribution in [0.1, 0.15) is 56.9 Å². The minimum Gasteiger partial charge on any atom is -0.494 e. The van der Waals surface area contributed by atoms with Crippen molar-refractivity contribution in [3.05, 3.63) is 29.6 Å². The second-order valence-corrected chi connectivity index (χ2v) is 7.79. The zero-order valence-corrected chi connectivity index (χ0v) is 15.8. The zero-order valence-electron chi connectivity index (χ0n) is 15.8. The molecule has 0 radical (unpaired) electrons. The topological polar surface area (TPSA) is 41.6 Å². The molecule has 2 aliphatic rings. The maximum atomic E-state index is 13.8. The second-order valence-electron chi connectivity index (χ2n) is 7.79. The third kappa shape index (κ3) is 5.44. The number of nitrogens with zero attached hydrogens (tertiary/aromatic N) is 1. The van der Waals surface area contributed by atoms with Crippen LogP contribution in [0, 0.1) is 11.7 Å². The summed E-state index contributed by atoms with van der Waals surface area (Å²) in [7, 11) is 1.48. The van der Waals surface area contributed by atoms with Crippen molar-refractivity contribution in [3.8, 4) is 5.75 Å². The van der Waals surface area contributed by atoms with Gasteiger partial charge >= 0.3 is 0 Å². The van der Waals surface area contributed by atoms with E-state index >= 15 is 0 Å². The van der Waals surface area contributed by atoms with Crippen LogP contribution in [-0.4, -0.2) is 37.0 Å². The third-order valence-electron chi connectivity index (χ3n) is 5.77. The summed E-state index contributed by atoms with van der Waals surface area (Å²) in [5.41, 5.74) is 0.961. The molecule has 1 amide bonds. The van der Waals surface area contributed by atoms with E-state index in [2.05, 4.69) is 10.2 Å². The summed E-state index contributed by atoms with van der Waals surface area (Å²) in [6, 6.07) is 5.44. The third-order valence-corrected chi connectivity index (χ3v) is 5.77. The molecule has 26 heavy (non-hydrogen) atoms. The number of benzene rings is 1. The minimum atomic E-state index is -0.310. The Balaban J connectivity index is 1.39. The number of amides is 1. The van der Waals surface area contributed by atoms with Crippen LogP contribution < -0.4 is 10.1 Å². The molecule has 0 aromatic heterocycles. The van der Waals surface area contributed by atoms with Gasteiger partial charge in [0.15, 0.2) is 11.6 Å². The van der Waals surface area contributed by atoms with Gasteiger partial charge in [0.25, 0.3) is 0 Å². The lowest BCUT2D eigenvalue weighted by atomic mass is 9.86. The second kappa shape index (κ2) is 9.36. The Kier molecular flexibility index (Phi) is 6.89. The van der Waals surface area contributed by atoms with E-state index in [-0.39, 0.29) is 23.5 Å². The quantitative estimate of drug-likeness (QED) is 0.835. The molecule has 1 saturated carbocycles. The molecular formula is C21H31FN2O2. The Morgan fingerprint density at radius 2 is 1.92 bits per heavy atom. The first-order valence-electron chi connectivity index (χ1n) is 9.98. The van der Waals surface area contributed by atoms with Crippen LogP contribution in [-0.2, 0) is 11.3 Å². The number of hydrogen-bond donors (Lipinski definition) is 1. The first-order valence-corrected chi connectivity index (χ1v) is 9.98. The van der Waals surface area contributed by atoms with Gasteiger partial charge in [-0.25, -0.2) is 4.39 Å². The van der Waals surface area contributed by atoms with Crippen molar-refractivity contribution in [2.24, 2.45) is 5.92 Å². The van der Waals surface area contributed by atoms with Gasteiger partial charge in [0, 0.05) is 32.1 Å². The summed E-state index contributed by atoms with van der Waals surface area (Å²) in [5, 5.41) is 3.23. The van der Waals surface area contributed by atoms with Gasteiger partial charge in [-0.3, -0.25) is 9.69 Å². The van der Waals surface area contributed by atoms with Crippen molar-refractivity contribution in [2.45, 2.75) is 64.0 Å². The molecule has 144 valence electrons. The fourth-order valence-corrected chi connectivity index (χ4v) is 4.24. The summed E-state index contributed by atoms with van der Waals surface area (Å²) >= 11 is 0. The van der Waals surface area contributed by atoms with Crippen LogP contribution in [0.2, 0.25) is 0 Å². The predicted molar refractivity (Wildman–Crippen MR) is 101 cm³/mol. The van der Waals surface area contributed by atoms with Crippen LogP contribution in [0.4, 0.5) is 4.39 Å². The highest BCUT2D eigenvalue weighted by molar-refractivity contribution is 5.76. The molecule has 1 aromatic carbocycles. The normalized spacial score (nSPS) is 20.1. The van der Waals surface area contributed by atoms with Crippen molar-refractivity contribution < 1.29 is 13.9 Å². The van der Waals surface area contributed by atoms with Crippen LogP contribution >= 0.6 is 0 Å². The van der Waals surface area contributed by atoms with Gasteiger partial charge < -0.3 is 10.1 Å². The van der Waals surface area contributed by atoms with Crippen molar-refractivity contribution >= 4 is 5.91 Å². The minimum absolute atomic E-state index is 0.229. The first-order chi connectivity index (χ1) is 12.6. The molecule has 0 atom stereocenters. The van der Waals surface area contributed by atoms with Gasteiger partial charge in [-0.2, -0.15) is 0 Å². The van der Waals surface area contributed by atoms with Crippen LogP contribution in [0.15, 0.2) is 18.2 Å². The molecule has 4 nitrogen and oxygen atoms in total. The maximum absolute atomic E-state index is 13.8. The van der Waals surface area contributed by atoms with Crippen molar-refractivity contribution in [1.82, 2.24) is 10.2 Å². The molecule has 0 unspecified atom stereocenters. The highest BCUT2D eigenvalue weighted by atomic mass is 19.1. The lowest BCUT2D eigenvalue weighted by Gasteiger charge is -2.33. The SMILES string of the molecule is COc1ccc(CN2CCC(NC(=O)CC3CCCCC3)CC2)cc1F. The summed E-state index contributed by atoms with van der Waals surface area (Å²) in [6.45, 7) is 2.60. The van der Waals surface area contributed by atoms with Crippen molar-refractivity contribution in [1.29, 1.82) is 0 Å². The van der Waals surface area contributed by atoms with Gasteiger partial charge in [0.2, 0.25) is 5.91 Å². The van der Waals surface area contributed by atoms with E-state index in [9.17, 15) is 9.18 Å². The predicted octanol–water partition coefficient (Wildman–Crippen LogP) is 3.89. The molecule has 0 spiro atoms. The number of carbonyl (C=O) groups is 1. The Labute approximate surface area is 156 Å². The van der Waals surface area contributed by atoms with Gasteiger partial charge in [0.1, 0.15) is 0 Å². The number of halogens is 1. The molecule has 1 aromatic rings. The molecule has 1 N–H and O–H groups in total. The number of hydrogen-bond acceptors (Lipinski definition) is 3. The van der Waals surface area contributed by atoms with E-state index in [1.54, 1.807) is 12.1 Å². The lowest BCUT2D eigenvalue weighted by Crippen LogP contribution is -2.44. The molecule has 0 bridgehead atoms. The number of piperidine rings is 1. The monoisotopic (exact) mass is 362 g/mol. The van der Waals surface area contributed by atoms with Crippen LogP contribution in [0.5, 0.6) is 5.75 Å². The summed E-state index contributed by atoms with van der Waals surface area (Å²) in [5.74, 6) is 0.796. The molecular weight excluding hydrogens is 331 g/mol. The number of nitrogens with one attached hydrogen (secondary N) is 1. The molecule has 3 rings (SSSR count). The van der Waals surface area contributed by atoms with Crippen molar-refractivity contribution in [2.75, 3.05) is 20.2 Å². The van der Waals surface area contributed by atoms with E-state index in [0.717, 1.165) is 38.0 Å². The van der Waals surface area contributed by atoms with Gasteiger partial charge in [0.05, 0.1) is 7.11 Å². The lowest BCUT2D eigenvalue weighted by molar-refractivity contribution is -0.123. The van der Waals surface area contributed by atoms with Crippen LogP contribution in [0.3, 0.4) is 0 Å². The summed E-state index contributed by atoms with van der Waals surface area (Å²) < 4.78 is 18.8. The Morgan fingerprint density at radius 1 is 1.19 bits per heavy atom. The van der Waals surface area contributed by atoms with E-state index in [1.807, 2.05) is 6.07 Å². The molecule has 5 heteroatoms. The largest absolute Gasteiger partial charge is 0.494 e. The fraction of sp³-hybridized carbons (Fsp3) is 0.667. The fourth-order valence-electron chi connectivity index (χ4n) is 4.24. The molecule has 1 saturated heterocycles. The van der Waals surface area contributed by atoms with Crippen LogP contribution in [0.25, 0.3) is 0 Å². The van der Waals surface area contributed by atoms with Gasteiger partial charge in [-0.15, -0.1) is 0 Å². The smallest absolute Gasteiger partial charge is 0.220 e. The Morgan fingerprint density at radius 3 is 2.58 bits per heavy atom. The highest BCUT2D eigenvalue weighted by Gasteiger charge is 2.23. The molecule has 1 aliphatic heterocycles. The number of rotatable bonds is 6. The van der Waals surface area contributed by atoms with Gasteiger partial charge in [-0.1, -0.05) is 25.3 Å². The van der Waals surface area contributed by atoms with E-state index < -0.39 is 0 Å². The Bertz CT molecular complexity index is 594.